The molecule has 0 spiro atoms. The van der Waals surface area contributed by atoms with Crippen LogP contribution in [0.4, 0.5) is 0 Å². The van der Waals surface area contributed by atoms with Crippen molar-refractivity contribution in [3.05, 3.63) is 24.3 Å². The molecule has 0 amide bonds. The van der Waals surface area contributed by atoms with E-state index in [9.17, 15) is 4.79 Å². The number of methoxy groups -OCH3 is 1. The zero-order chi connectivity index (χ0) is 29.7. The van der Waals surface area contributed by atoms with Gasteiger partial charge in [-0.2, -0.15) is 0 Å². The van der Waals surface area contributed by atoms with Gasteiger partial charge in [0.15, 0.2) is 31.2 Å². The molecule has 0 aromatic heterocycles. The number of rotatable bonds is 18. The summed E-state index contributed by atoms with van der Waals surface area (Å²) in [5, 5.41) is 0. The molecule has 0 aromatic rings. The standard InChI is InChI=1S/C30H60O6Si3/c1-12-13-16-19-25(34-37(3,4)5)22-23-27-26(20-17-14-15-18-21-29(31)32-2)28(35-38(6,7)8)24-30(33-27)36-39(9,10)11/h14,17,22-23,25-28,30H,12-13,15-16,18-21,24H2,1-11H3/b17-14-,23-22+/t25-,26+,27+,28-,30-/m0/s1. The maximum Gasteiger partial charge on any atom is 0.305 e. The van der Waals surface area contributed by atoms with E-state index in [-0.39, 0.29) is 36.5 Å². The van der Waals surface area contributed by atoms with Crippen LogP contribution in [0.3, 0.4) is 0 Å². The van der Waals surface area contributed by atoms with E-state index in [4.69, 9.17) is 22.8 Å². The zero-order valence-corrected chi connectivity index (χ0v) is 30.0. The van der Waals surface area contributed by atoms with Gasteiger partial charge in [0.2, 0.25) is 0 Å². The van der Waals surface area contributed by atoms with Crippen molar-refractivity contribution in [2.24, 2.45) is 5.92 Å². The minimum Gasteiger partial charge on any atom is -0.469 e. The highest BCUT2D eigenvalue weighted by molar-refractivity contribution is 6.70. The summed E-state index contributed by atoms with van der Waals surface area (Å²) in [6, 6.07) is 0. The lowest BCUT2D eigenvalue weighted by atomic mass is 9.87. The van der Waals surface area contributed by atoms with Crippen LogP contribution in [0.1, 0.15) is 64.7 Å². The largest absolute Gasteiger partial charge is 0.469 e. The van der Waals surface area contributed by atoms with Crippen molar-refractivity contribution in [1.82, 2.24) is 0 Å². The number of hydrogen-bond donors (Lipinski definition) is 0. The first kappa shape index (κ1) is 36.5. The third kappa shape index (κ3) is 17.8. The minimum absolute atomic E-state index is 0.0672. The first-order valence-corrected chi connectivity index (χ1v) is 25.3. The normalized spacial score (nSPS) is 24.0. The maximum absolute atomic E-state index is 11.4. The quantitative estimate of drug-likeness (QED) is 0.0681. The van der Waals surface area contributed by atoms with Gasteiger partial charge in [-0.1, -0.05) is 50.5 Å². The third-order valence-electron chi connectivity index (χ3n) is 6.29. The Morgan fingerprint density at radius 2 is 1.59 bits per heavy atom. The summed E-state index contributed by atoms with van der Waals surface area (Å²) in [6.07, 6.45) is 17.1. The molecule has 6 nitrogen and oxygen atoms in total. The molecule has 0 radical (unpaired) electrons. The topological polar surface area (TPSA) is 63.2 Å². The van der Waals surface area contributed by atoms with Crippen LogP contribution in [0.5, 0.6) is 0 Å². The first-order valence-electron chi connectivity index (χ1n) is 15.1. The molecule has 0 saturated carbocycles. The van der Waals surface area contributed by atoms with Gasteiger partial charge < -0.3 is 22.8 Å². The van der Waals surface area contributed by atoms with Crippen LogP contribution in [0.15, 0.2) is 24.3 Å². The summed E-state index contributed by atoms with van der Waals surface area (Å²) in [5.41, 5.74) is 0. The molecule has 0 unspecified atom stereocenters. The highest BCUT2D eigenvalue weighted by Gasteiger charge is 2.41. The van der Waals surface area contributed by atoms with Crippen molar-refractivity contribution in [2.75, 3.05) is 7.11 Å². The van der Waals surface area contributed by atoms with E-state index in [1.165, 1.54) is 26.4 Å². The van der Waals surface area contributed by atoms with Gasteiger partial charge in [0, 0.05) is 18.8 Å². The summed E-state index contributed by atoms with van der Waals surface area (Å²) >= 11 is 0. The van der Waals surface area contributed by atoms with Gasteiger partial charge in [-0.25, -0.2) is 0 Å². The van der Waals surface area contributed by atoms with Gasteiger partial charge in [-0.05, 0) is 84.6 Å². The van der Waals surface area contributed by atoms with Gasteiger partial charge >= 0.3 is 5.97 Å². The fourth-order valence-corrected chi connectivity index (χ4v) is 7.98. The van der Waals surface area contributed by atoms with Crippen molar-refractivity contribution in [1.29, 1.82) is 0 Å². The van der Waals surface area contributed by atoms with E-state index in [2.05, 4.69) is 90.2 Å². The molecule has 228 valence electrons. The lowest BCUT2D eigenvalue weighted by Gasteiger charge is -2.44. The Balaban J connectivity index is 3.19. The minimum atomic E-state index is -1.80. The predicted octanol–water partition coefficient (Wildman–Crippen LogP) is 8.44. The van der Waals surface area contributed by atoms with Crippen LogP contribution in [0.2, 0.25) is 58.9 Å². The molecule has 1 aliphatic heterocycles. The number of ether oxygens (including phenoxy) is 2. The van der Waals surface area contributed by atoms with Crippen LogP contribution in [0, 0.1) is 5.92 Å². The lowest BCUT2D eigenvalue weighted by molar-refractivity contribution is -0.187. The summed E-state index contributed by atoms with van der Waals surface area (Å²) in [7, 11) is -3.85. The molecular weight excluding hydrogens is 541 g/mol. The summed E-state index contributed by atoms with van der Waals surface area (Å²) in [6.45, 7) is 22.4. The van der Waals surface area contributed by atoms with Crippen molar-refractivity contribution >= 4 is 30.9 Å². The highest BCUT2D eigenvalue weighted by atomic mass is 28.4. The third-order valence-corrected chi connectivity index (χ3v) is 9.28. The van der Waals surface area contributed by atoms with Crippen molar-refractivity contribution < 1.29 is 27.5 Å². The van der Waals surface area contributed by atoms with Crippen LogP contribution in [-0.4, -0.2) is 62.6 Å². The highest BCUT2D eigenvalue weighted by Crippen LogP contribution is 2.35. The average molecular weight is 601 g/mol. The molecule has 9 heteroatoms. The second-order valence-electron chi connectivity index (χ2n) is 13.8. The number of allylic oxidation sites excluding steroid dienone is 2. The van der Waals surface area contributed by atoms with E-state index in [1.807, 2.05) is 0 Å². The fourth-order valence-electron chi connectivity index (χ4n) is 4.76. The molecule has 1 heterocycles. The molecular formula is C30H60O6Si3. The summed E-state index contributed by atoms with van der Waals surface area (Å²) in [4.78, 5) is 11.4. The van der Waals surface area contributed by atoms with E-state index in [0.29, 0.717) is 6.42 Å². The van der Waals surface area contributed by atoms with Crippen LogP contribution < -0.4 is 0 Å². The molecule has 1 aliphatic rings. The van der Waals surface area contributed by atoms with Gasteiger partial charge in [-0.15, -0.1) is 0 Å². The van der Waals surface area contributed by atoms with Crippen LogP contribution >= 0.6 is 0 Å². The second-order valence-corrected chi connectivity index (χ2v) is 27.1. The van der Waals surface area contributed by atoms with Crippen molar-refractivity contribution in [3.63, 3.8) is 0 Å². The summed E-state index contributed by atoms with van der Waals surface area (Å²) in [5.74, 6) is 0.0369. The Bertz CT molecular complexity index is 751. The van der Waals surface area contributed by atoms with Crippen molar-refractivity contribution in [3.8, 4) is 0 Å². The Kier molecular flexibility index (Phi) is 16.3. The first-order chi connectivity index (χ1) is 18.0. The second kappa shape index (κ2) is 17.4. The van der Waals surface area contributed by atoms with E-state index >= 15 is 0 Å². The monoisotopic (exact) mass is 600 g/mol. The number of esters is 1. The van der Waals surface area contributed by atoms with Gasteiger partial charge in [0.05, 0.1) is 25.4 Å². The van der Waals surface area contributed by atoms with Gasteiger partial charge in [0.1, 0.15) is 0 Å². The molecule has 0 N–H and O–H groups in total. The number of unbranched alkanes of at least 4 members (excludes halogenated alkanes) is 3. The number of carbonyl (C=O) groups is 1. The number of carbonyl (C=O) groups excluding carboxylic acids is 1. The fraction of sp³-hybridized carbons (Fsp3) is 0.833. The molecule has 5 atom stereocenters. The molecule has 0 aromatic carbocycles. The predicted molar refractivity (Wildman–Crippen MR) is 171 cm³/mol. The SMILES string of the molecule is CCCCC[C@@H](/C=C/[C@H]1O[C@@H](O[Si](C)(C)C)C[C@H](O[Si](C)(C)C)[C@@H]1C/C=C\CCCC(=O)OC)O[Si](C)(C)C. The molecule has 1 fully saturated rings. The van der Waals surface area contributed by atoms with Crippen LogP contribution in [0.25, 0.3) is 0 Å². The van der Waals surface area contributed by atoms with Crippen LogP contribution in [-0.2, 0) is 27.5 Å². The molecule has 0 bridgehead atoms. The average Bonchev–Trinajstić information content (AvgIpc) is 2.77. The molecule has 1 rings (SSSR count). The van der Waals surface area contributed by atoms with E-state index in [1.54, 1.807) is 0 Å². The maximum atomic E-state index is 11.4. The van der Waals surface area contributed by atoms with Crippen molar-refractivity contribution in [2.45, 2.75) is 148 Å². The Morgan fingerprint density at radius 3 is 2.15 bits per heavy atom. The molecule has 1 saturated heterocycles. The Labute approximate surface area is 243 Å². The summed E-state index contributed by atoms with van der Waals surface area (Å²) < 4.78 is 31.3. The zero-order valence-electron chi connectivity index (χ0n) is 27.0. The molecule has 0 aliphatic carbocycles. The smallest absolute Gasteiger partial charge is 0.305 e. The lowest BCUT2D eigenvalue weighted by Crippen LogP contribution is -2.50. The van der Waals surface area contributed by atoms with E-state index < -0.39 is 25.0 Å². The Morgan fingerprint density at radius 1 is 0.923 bits per heavy atom. The number of hydrogen-bond acceptors (Lipinski definition) is 6. The molecule has 39 heavy (non-hydrogen) atoms. The van der Waals surface area contributed by atoms with Gasteiger partial charge in [0.25, 0.3) is 0 Å². The van der Waals surface area contributed by atoms with Gasteiger partial charge in [-0.3, -0.25) is 4.79 Å². The Hall–Kier alpha value is -0.559. The van der Waals surface area contributed by atoms with E-state index in [0.717, 1.165) is 32.1 Å².